The highest BCUT2D eigenvalue weighted by atomic mass is 35.5. The van der Waals surface area contributed by atoms with E-state index in [4.69, 9.17) is 16.3 Å². The Morgan fingerprint density at radius 1 is 1.53 bits per heavy atom. The van der Waals surface area contributed by atoms with Crippen LogP contribution in [0.15, 0.2) is 17.2 Å². The molecule has 1 aromatic rings. The van der Waals surface area contributed by atoms with E-state index in [-0.39, 0.29) is 15.8 Å². The average Bonchev–Trinajstić information content (AvgIpc) is 2.37. The topological polar surface area (TPSA) is 80.3 Å². The first kappa shape index (κ1) is 16.2. The minimum Gasteiger partial charge on any atom is -0.384 e. The molecule has 0 saturated carbocycles. The summed E-state index contributed by atoms with van der Waals surface area (Å²) < 4.78 is 31.5. The molecule has 1 atom stereocenters. The van der Waals surface area contributed by atoms with Gasteiger partial charge < -0.3 is 10.1 Å². The minimum atomic E-state index is -3.60. The number of methoxy groups -OCH3 is 1. The van der Waals surface area contributed by atoms with Crippen LogP contribution in [0.4, 0.5) is 5.82 Å². The number of nitrogens with one attached hydrogen (secondary N) is 2. The first-order chi connectivity index (χ1) is 8.90. The van der Waals surface area contributed by atoms with Gasteiger partial charge in [0.25, 0.3) is 0 Å². The largest absolute Gasteiger partial charge is 0.384 e. The fourth-order valence-electron chi connectivity index (χ4n) is 1.43. The summed E-state index contributed by atoms with van der Waals surface area (Å²) in [6.45, 7) is 2.67. The molecule has 0 aliphatic rings. The fourth-order valence-corrected chi connectivity index (χ4v) is 2.89. The normalized spacial score (nSPS) is 13.3. The average molecular weight is 308 g/mol. The summed E-state index contributed by atoms with van der Waals surface area (Å²) in [5.74, 6) is 0.521. The molecule has 8 heteroatoms. The van der Waals surface area contributed by atoms with Gasteiger partial charge in [0.15, 0.2) is 0 Å². The molecule has 19 heavy (non-hydrogen) atoms. The van der Waals surface area contributed by atoms with E-state index >= 15 is 0 Å². The Kier molecular flexibility index (Phi) is 5.99. The maximum Gasteiger partial charge on any atom is 0.242 e. The second kappa shape index (κ2) is 7.04. The lowest BCUT2D eigenvalue weighted by Crippen LogP contribution is -2.30. The number of hydrogen-bond donors (Lipinski definition) is 2. The van der Waals surface area contributed by atoms with Gasteiger partial charge in [0.2, 0.25) is 10.0 Å². The molecular weight excluding hydrogens is 290 g/mol. The first-order valence-corrected chi connectivity index (χ1v) is 7.58. The van der Waals surface area contributed by atoms with Gasteiger partial charge in [-0.25, -0.2) is 18.1 Å². The monoisotopic (exact) mass is 307 g/mol. The van der Waals surface area contributed by atoms with E-state index in [1.165, 1.54) is 12.3 Å². The maximum atomic E-state index is 12.0. The minimum absolute atomic E-state index is 0.0427. The van der Waals surface area contributed by atoms with E-state index in [1.54, 1.807) is 14.2 Å². The highest BCUT2D eigenvalue weighted by Crippen LogP contribution is 2.21. The number of ether oxygens (including phenoxy) is 1. The van der Waals surface area contributed by atoms with Crippen molar-refractivity contribution in [2.24, 2.45) is 5.92 Å². The van der Waals surface area contributed by atoms with Crippen LogP contribution < -0.4 is 10.0 Å². The lowest BCUT2D eigenvalue weighted by Gasteiger charge is -2.12. The van der Waals surface area contributed by atoms with Gasteiger partial charge in [-0.1, -0.05) is 18.5 Å². The van der Waals surface area contributed by atoms with E-state index in [2.05, 4.69) is 15.0 Å². The summed E-state index contributed by atoms with van der Waals surface area (Å²) in [6.07, 6.45) is 1.26. The van der Waals surface area contributed by atoms with Crippen LogP contribution in [-0.2, 0) is 14.8 Å². The molecule has 0 fully saturated rings. The highest BCUT2D eigenvalue weighted by Gasteiger charge is 2.17. The van der Waals surface area contributed by atoms with Gasteiger partial charge in [-0.05, 0) is 12.0 Å². The summed E-state index contributed by atoms with van der Waals surface area (Å²) in [4.78, 5) is 3.98. The summed E-state index contributed by atoms with van der Waals surface area (Å²) >= 11 is 5.91. The van der Waals surface area contributed by atoms with Crippen molar-refractivity contribution in [3.8, 4) is 0 Å². The molecule has 0 aliphatic carbocycles. The summed E-state index contributed by atoms with van der Waals surface area (Å²) in [7, 11) is -0.367. The van der Waals surface area contributed by atoms with Crippen LogP contribution in [0.1, 0.15) is 6.92 Å². The van der Waals surface area contributed by atoms with Gasteiger partial charge in [-0.2, -0.15) is 0 Å². The Hall–Kier alpha value is -0.890. The number of rotatable bonds is 7. The Morgan fingerprint density at radius 2 is 2.21 bits per heavy atom. The molecule has 0 bridgehead atoms. The quantitative estimate of drug-likeness (QED) is 0.794. The van der Waals surface area contributed by atoms with Crippen LogP contribution in [-0.4, -0.2) is 40.7 Å². The van der Waals surface area contributed by atoms with Crippen molar-refractivity contribution in [1.82, 2.24) is 9.71 Å². The predicted molar refractivity (Wildman–Crippen MR) is 75.0 cm³/mol. The van der Waals surface area contributed by atoms with Gasteiger partial charge in [0.1, 0.15) is 10.7 Å². The van der Waals surface area contributed by atoms with Crippen LogP contribution in [0.25, 0.3) is 0 Å². The van der Waals surface area contributed by atoms with Gasteiger partial charge in [0, 0.05) is 33.5 Å². The Morgan fingerprint density at radius 3 is 2.74 bits per heavy atom. The Labute approximate surface area is 118 Å². The summed E-state index contributed by atoms with van der Waals surface area (Å²) in [5, 5.41) is 3.03. The summed E-state index contributed by atoms with van der Waals surface area (Å²) in [5.41, 5.74) is 0. The molecule has 0 radical (unpaired) electrons. The van der Waals surface area contributed by atoms with Crippen LogP contribution in [0.5, 0.6) is 0 Å². The lowest BCUT2D eigenvalue weighted by atomic mass is 10.2. The molecule has 2 N–H and O–H groups in total. The zero-order valence-corrected chi connectivity index (χ0v) is 12.7. The molecule has 0 aliphatic heterocycles. The number of halogens is 1. The zero-order chi connectivity index (χ0) is 14.5. The van der Waals surface area contributed by atoms with Gasteiger partial charge in [-0.15, -0.1) is 0 Å². The van der Waals surface area contributed by atoms with Gasteiger partial charge in [-0.3, -0.25) is 0 Å². The SMILES string of the molecule is CNc1ncc(S(=O)(=O)NCC(C)COC)cc1Cl. The van der Waals surface area contributed by atoms with E-state index in [1.807, 2.05) is 6.92 Å². The molecule has 0 spiro atoms. The van der Waals surface area contributed by atoms with Crippen LogP contribution in [0.2, 0.25) is 5.02 Å². The number of nitrogens with zero attached hydrogens (tertiary/aromatic N) is 1. The second-order valence-corrected chi connectivity index (χ2v) is 6.34. The van der Waals surface area contributed by atoms with Gasteiger partial charge in [0.05, 0.1) is 5.02 Å². The molecule has 6 nitrogen and oxygen atoms in total. The van der Waals surface area contributed by atoms with E-state index in [9.17, 15) is 8.42 Å². The van der Waals surface area contributed by atoms with Crippen LogP contribution in [0, 0.1) is 5.92 Å². The molecule has 0 aromatic carbocycles. The Bertz CT molecular complexity index is 522. The molecule has 0 saturated heterocycles. The smallest absolute Gasteiger partial charge is 0.242 e. The van der Waals surface area contributed by atoms with Crippen molar-refractivity contribution in [1.29, 1.82) is 0 Å². The standard InChI is InChI=1S/C11H18ClN3O3S/c1-8(7-18-3)5-15-19(16,17)9-4-10(12)11(13-2)14-6-9/h4,6,8,15H,5,7H2,1-3H3,(H,13,14). The maximum absolute atomic E-state index is 12.0. The molecule has 1 heterocycles. The predicted octanol–water partition coefficient (Wildman–Crippen LogP) is 1.34. The number of aromatic nitrogens is 1. The second-order valence-electron chi connectivity index (χ2n) is 4.16. The molecular formula is C11H18ClN3O3S. The van der Waals surface area contributed by atoms with Gasteiger partial charge >= 0.3 is 0 Å². The van der Waals surface area contributed by atoms with Crippen molar-refractivity contribution >= 4 is 27.4 Å². The lowest BCUT2D eigenvalue weighted by molar-refractivity contribution is 0.161. The first-order valence-electron chi connectivity index (χ1n) is 5.72. The number of sulfonamides is 1. The number of anilines is 1. The highest BCUT2D eigenvalue weighted by molar-refractivity contribution is 7.89. The van der Waals surface area contributed by atoms with Crippen molar-refractivity contribution in [2.75, 3.05) is 32.6 Å². The molecule has 0 amide bonds. The summed E-state index contributed by atoms with van der Waals surface area (Å²) in [6, 6.07) is 1.36. The molecule has 1 aromatic heterocycles. The van der Waals surface area contributed by atoms with E-state index < -0.39 is 10.0 Å². The van der Waals surface area contributed by atoms with Crippen LogP contribution in [0.3, 0.4) is 0 Å². The fraction of sp³-hybridized carbons (Fsp3) is 0.545. The van der Waals surface area contributed by atoms with Crippen molar-refractivity contribution in [3.63, 3.8) is 0 Å². The zero-order valence-electron chi connectivity index (χ0n) is 11.1. The third-order valence-corrected chi connectivity index (χ3v) is 4.11. The van der Waals surface area contributed by atoms with E-state index in [0.717, 1.165) is 0 Å². The van der Waals surface area contributed by atoms with Crippen molar-refractivity contribution in [2.45, 2.75) is 11.8 Å². The van der Waals surface area contributed by atoms with Crippen molar-refractivity contribution < 1.29 is 13.2 Å². The third kappa shape index (κ3) is 4.61. The molecule has 108 valence electrons. The van der Waals surface area contributed by atoms with Crippen molar-refractivity contribution in [3.05, 3.63) is 17.3 Å². The third-order valence-electron chi connectivity index (χ3n) is 2.44. The number of pyridine rings is 1. The number of hydrogen-bond acceptors (Lipinski definition) is 5. The molecule has 1 rings (SSSR count). The van der Waals surface area contributed by atoms with E-state index in [0.29, 0.717) is 19.0 Å². The van der Waals surface area contributed by atoms with Crippen LogP contribution >= 0.6 is 11.6 Å². The Balaban J connectivity index is 2.80. The molecule has 1 unspecified atom stereocenters.